The Bertz CT molecular complexity index is 1400. The molecule has 4 nitrogen and oxygen atoms in total. The number of hydrogen-bond donors (Lipinski definition) is 2. The SMILES string of the molecule is CC1(N2c3ccccc3C3=CC=C(N)C2C3)C=CC(N(c2ccccc2)c2ccccc2O)=CC1. The topological polar surface area (TPSA) is 52.7 Å². The number of rotatable bonds is 4. The number of nitrogens with zero attached hydrogens (tertiary/aromatic N) is 2. The summed E-state index contributed by atoms with van der Waals surface area (Å²) in [5, 5.41) is 10.7. The summed E-state index contributed by atoms with van der Waals surface area (Å²) in [6.45, 7) is 2.29. The maximum Gasteiger partial charge on any atom is 0.139 e. The van der Waals surface area contributed by atoms with Crippen molar-refractivity contribution in [2.45, 2.75) is 31.3 Å². The number of allylic oxidation sites excluding steroid dienone is 3. The van der Waals surface area contributed by atoms with Gasteiger partial charge in [-0.05, 0) is 67.8 Å². The molecule has 3 N–H and O–H groups in total. The molecule has 6 rings (SSSR count). The average Bonchev–Trinajstić information content (AvgIpc) is 2.89. The van der Waals surface area contributed by atoms with Gasteiger partial charge >= 0.3 is 0 Å². The maximum atomic E-state index is 10.7. The third kappa shape index (κ3) is 3.53. The van der Waals surface area contributed by atoms with Gasteiger partial charge in [0, 0.05) is 28.3 Å². The van der Waals surface area contributed by atoms with Crippen molar-refractivity contribution in [1.29, 1.82) is 0 Å². The minimum atomic E-state index is -0.243. The first-order valence-corrected chi connectivity index (χ1v) is 12.1. The van der Waals surface area contributed by atoms with Crippen molar-refractivity contribution in [1.82, 2.24) is 0 Å². The van der Waals surface area contributed by atoms with E-state index in [0.717, 1.165) is 35.6 Å². The van der Waals surface area contributed by atoms with Gasteiger partial charge in [0.2, 0.25) is 0 Å². The Morgan fingerprint density at radius 1 is 0.943 bits per heavy atom. The van der Waals surface area contributed by atoms with Crippen molar-refractivity contribution in [2.75, 3.05) is 9.80 Å². The molecule has 2 unspecified atom stereocenters. The summed E-state index contributed by atoms with van der Waals surface area (Å²) >= 11 is 0. The van der Waals surface area contributed by atoms with Gasteiger partial charge in [0.25, 0.3) is 0 Å². The fraction of sp³-hybridized carbons (Fsp3) is 0.161. The number of phenols is 1. The zero-order chi connectivity index (χ0) is 24.0. The van der Waals surface area contributed by atoms with Gasteiger partial charge in [0.1, 0.15) is 5.75 Å². The van der Waals surface area contributed by atoms with Crippen molar-refractivity contribution in [3.8, 4) is 5.75 Å². The third-order valence-corrected chi connectivity index (χ3v) is 7.38. The summed E-state index contributed by atoms with van der Waals surface area (Å²) in [6, 6.07) is 26.5. The van der Waals surface area contributed by atoms with E-state index in [0.29, 0.717) is 0 Å². The molecule has 0 fully saturated rings. The number of hydrogen-bond acceptors (Lipinski definition) is 4. The van der Waals surface area contributed by atoms with Crippen LogP contribution in [0.25, 0.3) is 5.57 Å². The Labute approximate surface area is 206 Å². The number of phenolic OH excluding ortho intramolecular Hbond substituents is 1. The van der Waals surface area contributed by atoms with E-state index in [1.54, 1.807) is 6.07 Å². The Kier molecular flexibility index (Phi) is 5.03. The van der Waals surface area contributed by atoms with Gasteiger partial charge in [-0.1, -0.05) is 66.8 Å². The number of benzene rings is 3. The van der Waals surface area contributed by atoms with Gasteiger partial charge in [0.15, 0.2) is 0 Å². The predicted octanol–water partition coefficient (Wildman–Crippen LogP) is 6.65. The quantitative estimate of drug-likeness (QED) is 0.459. The highest BCUT2D eigenvalue weighted by Crippen LogP contribution is 2.47. The highest BCUT2D eigenvalue weighted by molar-refractivity contribution is 5.84. The summed E-state index contributed by atoms with van der Waals surface area (Å²) in [5.41, 5.74) is 13.9. The van der Waals surface area contributed by atoms with Crippen LogP contribution in [0.2, 0.25) is 0 Å². The third-order valence-electron chi connectivity index (χ3n) is 7.38. The smallest absolute Gasteiger partial charge is 0.139 e. The lowest BCUT2D eigenvalue weighted by molar-refractivity contribution is 0.461. The predicted molar refractivity (Wildman–Crippen MR) is 145 cm³/mol. The molecule has 0 saturated heterocycles. The molecule has 1 heterocycles. The fourth-order valence-electron chi connectivity index (χ4n) is 5.61. The summed E-state index contributed by atoms with van der Waals surface area (Å²) in [6.07, 6.45) is 12.7. The Morgan fingerprint density at radius 2 is 1.69 bits per heavy atom. The van der Waals surface area contributed by atoms with Gasteiger partial charge in [-0.2, -0.15) is 0 Å². The lowest BCUT2D eigenvalue weighted by atomic mass is 9.79. The van der Waals surface area contributed by atoms with Crippen LogP contribution in [0.4, 0.5) is 17.1 Å². The van der Waals surface area contributed by atoms with Crippen LogP contribution in [0.15, 0.2) is 121 Å². The van der Waals surface area contributed by atoms with Crippen molar-refractivity contribution in [2.24, 2.45) is 5.73 Å². The number of anilines is 3. The second-order valence-electron chi connectivity index (χ2n) is 9.65. The van der Waals surface area contributed by atoms with E-state index in [4.69, 9.17) is 5.73 Å². The lowest BCUT2D eigenvalue weighted by Crippen LogP contribution is -2.55. The molecule has 174 valence electrons. The molecular formula is C31H29N3O. The zero-order valence-electron chi connectivity index (χ0n) is 19.8. The maximum absolute atomic E-state index is 10.7. The molecule has 1 aliphatic heterocycles. The lowest BCUT2D eigenvalue weighted by Gasteiger charge is -2.51. The minimum absolute atomic E-state index is 0.137. The minimum Gasteiger partial charge on any atom is -0.506 e. The van der Waals surface area contributed by atoms with Crippen molar-refractivity contribution in [3.05, 3.63) is 126 Å². The molecule has 0 radical (unpaired) electrons. The van der Waals surface area contributed by atoms with E-state index in [-0.39, 0.29) is 17.3 Å². The molecule has 35 heavy (non-hydrogen) atoms. The number of fused-ring (bicyclic) bond motifs is 4. The van der Waals surface area contributed by atoms with Crippen molar-refractivity contribution < 1.29 is 5.11 Å². The highest BCUT2D eigenvalue weighted by Gasteiger charge is 2.42. The Hall–Kier alpha value is -4.18. The van der Waals surface area contributed by atoms with Gasteiger partial charge in [0.05, 0.1) is 17.3 Å². The van der Waals surface area contributed by atoms with E-state index in [9.17, 15) is 5.11 Å². The first-order valence-electron chi connectivity index (χ1n) is 12.1. The number of para-hydroxylation sites is 4. The van der Waals surface area contributed by atoms with Gasteiger partial charge < -0.3 is 20.6 Å². The van der Waals surface area contributed by atoms with Crippen LogP contribution in [0.1, 0.15) is 25.3 Å². The van der Waals surface area contributed by atoms with Crippen molar-refractivity contribution >= 4 is 22.6 Å². The van der Waals surface area contributed by atoms with Gasteiger partial charge in [-0.3, -0.25) is 0 Å². The average molecular weight is 460 g/mol. The molecule has 0 spiro atoms. The van der Waals surface area contributed by atoms with Crippen LogP contribution in [0.5, 0.6) is 5.75 Å². The molecule has 0 aromatic heterocycles. The van der Waals surface area contributed by atoms with E-state index < -0.39 is 0 Å². The largest absolute Gasteiger partial charge is 0.506 e. The summed E-state index contributed by atoms with van der Waals surface area (Å²) in [7, 11) is 0. The van der Waals surface area contributed by atoms with Gasteiger partial charge in [-0.15, -0.1) is 0 Å². The Balaban J connectivity index is 1.40. The number of aromatic hydroxyl groups is 1. The van der Waals surface area contributed by atoms with Crippen LogP contribution >= 0.6 is 0 Å². The molecule has 0 saturated carbocycles. The molecule has 4 heteroatoms. The highest BCUT2D eigenvalue weighted by atomic mass is 16.3. The van der Waals surface area contributed by atoms with E-state index in [2.05, 4.69) is 83.5 Å². The normalized spacial score (nSPS) is 22.6. The fourth-order valence-corrected chi connectivity index (χ4v) is 5.61. The van der Waals surface area contributed by atoms with Crippen LogP contribution in [-0.2, 0) is 0 Å². The van der Waals surface area contributed by atoms with Crippen molar-refractivity contribution in [3.63, 3.8) is 0 Å². The molecule has 2 bridgehead atoms. The van der Waals surface area contributed by atoms with Crippen LogP contribution in [0, 0.1) is 0 Å². The summed E-state index contributed by atoms with van der Waals surface area (Å²) in [4.78, 5) is 4.62. The van der Waals surface area contributed by atoms with Crippen LogP contribution in [-0.4, -0.2) is 16.7 Å². The first kappa shape index (κ1) is 21.4. The van der Waals surface area contributed by atoms with Gasteiger partial charge in [-0.25, -0.2) is 0 Å². The Morgan fingerprint density at radius 3 is 2.46 bits per heavy atom. The van der Waals surface area contributed by atoms with Crippen LogP contribution in [0.3, 0.4) is 0 Å². The molecular weight excluding hydrogens is 430 g/mol. The number of nitrogens with two attached hydrogens (primary N) is 1. The summed E-state index contributed by atoms with van der Waals surface area (Å²) < 4.78 is 0. The molecule has 3 aromatic carbocycles. The van der Waals surface area contributed by atoms with Crippen LogP contribution < -0.4 is 15.5 Å². The standard InChI is InChI=1S/C31H29N3O/c1-31(34-27-12-6-5-11-25(27)22-15-16-26(32)29(34)21-22)19-17-24(18-20-31)33(23-9-3-2-4-10-23)28-13-7-8-14-30(28)35/h2-19,29,35H,20-21,32H2,1H3. The van der Waals surface area contributed by atoms with E-state index >= 15 is 0 Å². The first-order chi connectivity index (χ1) is 17.0. The van der Waals surface area contributed by atoms with E-state index in [1.807, 2.05) is 36.4 Å². The zero-order valence-corrected chi connectivity index (χ0v) is 19.8. The second kappa shape index (κ2) is 8.24. The molecule has 3 aromatic rings. The molecule has 2 atom stereocenters. The molecule has 3 aliphatic rings. The second-order valence-corrected chi connectivity index (χ2v) is 9.65. The monoisotopic (exact) mass is 459 g/mol. The summed E-state index contributed by atoms with van der Waals surface area (Å²) in [5.74, 6) is 0.253. The van der Waals surface area contributed by atoms with E-state index in [1.165, 1.54) is 16.8 Å². The molecule has 2 aliphatic carbocycles. The molecule has 0 amide bonds.